The van der Waals surface area contributed by atoms with Crippen LogP contribution in [-0.4, -0.2) is 33.5 Å². The van der Waals surface area contributed by atoms with Gasteiger partial charge in [-0.3, -0.25) is 4.79 Å². The van der Waals surface area contributed by atoms with Crippen molar-refractivity contribution in [2.45, 2.75) is 45.2 Å². The minimum absolute atomic E-state index is 0.0621. The average Bonchev–Trinajstić information content (AvgIpc) is 3.36. The van der Waals surface area contributed by atoms with Crippen LogP contribution in [0.3, 0.4) is 0 Å². The highest BCUT2D eigenvalue weighted by molar-refractivity contribution is 6.30. The molecule has 29 heavy (non-hydrogen) atoms. The van der Waals surface area contributed by atoms with E-state index in [2.05, 4.69) is 10.6 Å². The molecule has 4 rings (SSSR count). The van der Waals surface area contributed by atoms with Gasteiger partial charge in [-0.15, -0.1) is 0 Å². The monoisotopic (exact) mass is 411 g/mol. The highest BCUT2D eigenvalue weighted by Gasteiger charge is 2.32. The maximum absolute atomic E-state index is 12.4. The largest absolute Gasteiger partial charge is 0.494 e. The zero-order chi connectivity index (χ0) is 20.2. The quantitative estimate of drug-likeness (QED) is 0.500. The van der Waals surface area contributed by atoms with E-state index in [1.165, 1.54) is 0 Å². The lowest BCUT2D eigenvalue weighted by atomic mass is 10.2. The maximum atomic E-state index is 12.4. The summed E-state index contributed by atoms with van der Waals surface area (Å²) in [7, 11) is 0. The second kappa shape index (κ2) is 8.87. The molecule has 1 unspecified atom stereocenters. The van der Waals surface area contributed by atoms with Crippen molar-refractivity contribution in [3.63, 3.8) is 0 Å². The van der Waals surface area contributed by atoms with Gasteiger partial charge >= 0.3 is 0 Å². The van der Waals surface area contributed by atoms with E-state index in [1.54, 1.807) is 0 Å². The summed E-state index contributed by atoms with van der Waals surface area (Å²) in [5, 5.41) is 0.703. The number of aromatic nitrogens is 2. The molecule has 3 aromatic rings. The Bertz CT molecular complexity index is 983. The lowest BCUT2D eigenvalue weighted by molar-refractivity contribution is -0.131. The average molecular weight is 412 g/mol. The Morgan fingerprint density at radius 1 is 1.21 bits per heavy atom. The standard InChI is InChI=1S/C23H26ClN3O2/c1-2-22(28)26-14-5-9-21(26)23-25-19-7-3-4-8-20(19)27(23)15-6-16-29-18-12-10-17(24)11-13-18/h3-4,7-8,10-13,21H,2,5-6,9,14-16H2,1H3. The normalized spacial score (nSPS) is 16.5. The lowest BCUT2D eigenvalue weighted by Gasteiger charge is -2.25. The summed E-state index contributed by atoms with van der Waals surface area (Å²) in [5.41, 5.74) is 2.10. The van der Waals surface area contributed by atoms with Crippen LogP contribution in [0.2, 0.25) is 5.02 Å². The molecule has 1 aliphatic heterocycles. The van der Waals surface area contributed by atoms with E-state index in [4.69, 9.17) is 21.3 Å². The first-order chi connectivity index (χ1) is 14.2. The number of halogens is 1. The van der Waals surface area contributed by atoms with Crippen LogP contribution in [0.25, 0.3) is 11.0 Å². The molecule has 1 aromatic heterocycles. The number of carbonyl (C=O) groups is 1. The van der Waals surface area contributed by atoms with Crippen molar-refractivity contribution in [1.29, 1.82) is 0 Å². The van der Waals surface area contributed by atoms with Crippen LogP contribution in [0.15, 0.2) is 48.5 Å². The number of benzene rings is 2. The van der Waals surface area contributed by atoms with Gasteiger partial charge in [0.05, 0.1) is 23.7 Å². The van der Waals surface area contributed by atoms with Crippen molar-refractivity contribution in [2.24, 2.45) is 0 Å². The number of para-hydroxylation sites is 2. The molecule has 6 heteroatoms. The molecule has 1 aliphatic rings. The van der Waals surface area contributed by atoms with Crippen molar-refractivity contribution in [2.75, 3.05) is 13.2 Å². The number of likely N-dealkylation sites (tertiary alicyclic amines) is 1. The SMILES string of the molecule is CCC(=O)N1CCCC1c1nc2ccccc2n1CCCOc1ccc(Cl)cc1. The van der Waals surface area contributed by atoms with Gasteiger partial charge in [-0.25, -0.2) is 4.98 Å². The number of ether oxygens (including phenoxy) is 1. The summed E-state index contributed by atoms with van der Waals surface area (Å²) in [4.78, 5) is 19.3. The molecule has 1 atom stereocenters. The Labute approximate surface area is 176 Å². The van der Waals surface area contributed by atoms with Gasteiger partial charge in [0.15, 0.2) is 0 Å². The predicted octanol–water partition coefficient (Wildman–Crippen LogP) is 5.23. The predicted molar refractivity (Wildman–Crippen MR) is 115 cm³/mol. The summed E-state index contributed by atoms with van der Waals surface area (Å²) < 4.78 is 8.13. The molecule has 0 saturated carbocycles. The van der Waals surface area contributed by atoms with E-state index in [9.17, 15) is 4.79 Å². The molecule has 152 valence electrons. The number of amides is 1. The molecule has 2 heterocycles. The van der Waals surface area contributed by atoms with E-state index in [0.717, 1.165) is 55.0 Å². The highest BCUT2D eigenvalue weighted by atomic mass is 35.5. The van der Waals surface area contributed by atoms with Crippen LogP contribution >= 0.6 is 11.6 Å². The number of nitrogens with zero attached hydrogens (tertiary/aromatic N) is 3. The smallest absolute Gasteiger partial charge is 0.222 e. The minimum Gasteiger partial charge on any atom is -0.494 e. The Hall–Kier alpha value is -2.53. The molecule has 0 N–H and O–H groups in total. The summed E-state index contributed by atoms with van der Waals surface area (Å²) >= 11 is 5.93. The summed E-state index contributed by atoms with van der Waals surface area (Å²) in [6.07, 6.45) is 3.38. The van der Waals surface area contributed by atoms with E-state index < -0.39 is 0 Å². The van der Waals surface area contributed by atoms with Crippen molar-refractivity contribution in [1.82, 2.24) is 14.5 Å². The molecule has 0 aliphatic carbocycles. The summed E-state index contributed by atoms with van der Waals surface area (Å²) in [6.45, 7) is 4.15. The molecule has 1 amide bonds. The third kappa shape index (κ3) is 4.25. The van der Waals surface area contributed by atoms with E-state index in [-0.39, 0.29) is 11.9 Å². The third-order valence-electron chi connectivity index (χ3n) is 5.47. The van der Waals surface area contributed by atoms with Gasteiger partial charge in [0.25, 0.3) is 0 Å². The molecule has 5 nitrogen and oxygen atoms in total. The lowest BCUT2D eigenvalue weighted by Crippen LogP contribution is -2.31. The molecule has 2 aromatic carbocycles. The zero-order valence-electron chi connectivity index (χ0n) is 16.7. The van der Waals surface area contributed by atoms with Crippen LogP contribution in [0.5, 0.6) is 5.75 Å². The van der Waals surface area contributed by atoms with Gasteiger partial charge in [0, 0.05) is 24.5 Å². The van der Waals surface area contributed by atoms with Crippen LogP contribution in [0, 0.1) is 0 Å². The minimum atomic E-state index is 0.0621. The Morgan fingerprint density at radius 2 is 2.00 bits per heavy atom. The Balaban J connectivity index is 1.52. The van der Waals surface area contributed by atoms with Gasteiger partial charge in [-0.1, -0.05) is 30.7 Å². The third-order valence-corrected chi connectivity index (χ3v) is 5.72. The fourth-order valence-corrected chi connectivity index (χ4v) is 4.19. The molecule has 1 fully saturated rings. The van der Waals surface area contributed by atoms with Crippen LogP contribution in [0.1, 0.15) is 44.5 Å². The second-order valence-corrected chi connectivity index (χ2v) is 7.80. The van der Waals surface area contributed by atoms with Gasteiger partial charge in [0.1, 0.15) is 11.6 Å². The molecule has 0 bridgehead atoms. The van der Waals surface area contributed by atoms with Crippen molar-refractivity contribution in [3.05, 3.63) is 59.4 Å². The Kier molecular flexibility index (Phi) is 6.05. The number of hydrogen-bond donors (Lipinski definition) is 0. The second-order valence-electron chi connectivity index (χ2n) is 7.37. The number of rotatable bonds is 7. The highest BCUT2D eigenvalue weighted by Crippen LogP contribution is 2.34. The fourth-order valence-electron chi connectivity index (χ4n) is 4.06. The zero-order valence-corrected chi connectivity index (χ0v) is 17.4. The number of aryl methyl sites for hydroxylation is 1. The molecule has 1 saturated heterocycles. The van der Waals surface area contributed by atoms with E-state index in [1.807, 2.05) is 54.3 Å². The number of carbonyl (C=O) groups excluding carboxylic acids is 1. The molecular formula is C23H26ClN3O2. The van der Waals surface area contributed by atoms with Gasteiger partial charge in [-0.05, 0) is 55.7 Å². The van der Waals surface area contributed by atoms with Crippen LogP contribution in [0.4, 0.5) is 0 Å². The topological polar surface area (TPSA) is 47.4 Å². The number of fused-ring (bicyclic) bond motifs is 1. The number of hydrogen-bond acceptors (Lipinski definition) is 3. The van der Waals surface area contributed by atoms with Crippen molar-refractivity contribution >= 4 is 28.5 Å². The van der Waals surface area contributed by atoms with E-state index >= 15 is 0 Å². The van der Waals surface area contributed by atoms with Crippen molar-refractivity contribution < 1.29 is 9.53 Å². The number of imidazole rings is 1. The summed E-state index contributed by atoms with van der Waals surface area (Å²) in [6, 6.07) is 15.7. The maximum Gasteiger partial charge on any atom is 0.222 e. The molecule has 0 radical (unpaired) electrons. The van der Waals surface area contributed by atoms with Gasteiger partial charge in [0.2, 0.25) is 5.91 Å². The van der Waals surface area contributed by atoms with Crippen LogP contribution in [-0.2, 0) is 11.3 Å². The van der Waals surface area contributed by atoms with Gasteiger partial charge < -0.3 is 14.2 Å². The van der Waals surface area contributed by atoms with E-state index in [0.29, 0.717) is 18.1 Å². The first-order valence-electron chi connectivity index (χ1n) is 10.3. The first-order valence-corrected chi connectivity index (χ1v) is 10.7. The van der Waals surface area contributed by atoms with Gasteiger partial charge in [-0.2, -0.15) is 0 Å². The Morgan fingerprint density at radius 3 is 2.79 bits per heavy atom. The summed E-state index contributed by atoms with van der Waals surface area (Å²) in [5.74, 6) is 2.02. The van der Waals surface area contributed by atoms with Crippen molar-refractivity contribution in [3.8, 4) is 5.75 Å². The first kappa shape index (κ1) is 19.8. The fraction of sp³-hybridized carbons (Fsp3) is 0.391. The van der Waals surface area contributed by atoms with Crippen LogP contribution < -0.4 is 4.74 Å². The molecule has 0 spiro atoms. The molecular weight excluding hydrogens is 386 g/mol.